The summed E-state index contributed by atoms with van der Waals surface area (Å²) in [6.45, 7) is 1.08. The van der Waals surface area contributed by atoms with E-state index in [4.69, 9.17) is 0 Å². The molecular formula is C22H19F6N3O. The van der Waals surface area contributed by atoms with Crippen LogP contribution in [0.25, 0.3) is 22.2 Å². The third kappa shape index (κ3) is 4.18. The molecular weight excluding hydrogens is 436 g/mol. The minimum absolute atomic E-state index is 0.0583. The van der Waals surface area contributed by atoms with Crippen LogP contribution in [0.3, 0.4) is 0 Å². The van der Waals surface area contributed by atoms with Crippen LogP contribution in [0, 0.1) is 12.7 Å². The van der Waals surface area contributed by atoms with Gasteiger partial charge in [-0.05, 0) is 37.1 Å². The molecule has 0 spiro atoms. The SMILES string of the molecule is Cc1cc(-c2cc(=O)c3cccc(F)c3[nH]2)c(N2CCCC(F)(F)CC2)nc1C(F)(F)F. The predicted octanol–water partition coefficient (Wildman–Crippen LogP) is 5.68. The zero-order valence-corrected chi connectivity index (χ0v) is 17.0. The van der Waals surface area contributed by atoms with Crippen molar-refractivity contribution >= 4 is 16.7 Å². The molecule has 1 aliphatic rings. The van der Waals surface area contributed by atoms with E-state index in [0.29, 0.717) is 0 Å². The van der Waals surface area contributed by atoms with Crippen LogP contribution in [0.5, 0.6) is 0 Å². The van der Waals surface area contributed by atoms with Crippen LogP contribution in [-0.2, 0) is 6.18 Å². The Labute approximate surface area is 178 Å². The Morgan fingerprint density at radius 2 is 1.88 bits per heavy atom. The van der Waals surface area contributed by atoms with Crippen molar-refractivity contribution in [3.8, 4) is 11.3 Å². The number of nitrogens with one attached hydrogen (secondary N) is 1. The number of halogens is 6. The van der Waals surface area contributed by atoms with Crippen LogP contribution in [-0.4, -0.2) is 29.0 Å². The van der Waals surface area contributed by atoms with Crippen molar-refractivity contribution in [3.05, 3.63) is 57.6 Å². The van der Waals surface area contributed by atoms with Crippen molar-refractivity contribution in [1.82, 2.24) is 9.97 Å². The van der Waals surface area contributed by atoms with Crippen molar-refractivity contribution in [2.45, 2.75) is 38.3 Å². The van der Waals surface area contributed by atoms with Crippen LogP contribution >= 0.6 is 0 Å². The number of pyridine rings is 2. The third-order valence-electron chi connectivity index (χ3n) is 5.58. The highest BCUT2D eigenvalue weighted by Gasteiger charge is 2.37. The summed E-state index contributed by atoms with van der Waals surface area (Å²) in [4.78, 5) is 20.5. The monoisotopic (exact) mass is 455 g/mol. The van der Waals surface area contributed by atoms with Gasteiger partial charge in [-0.1, -0.05) is 6.07 Å². The smallest absolute Gasteiger partial charge is 0.356 e. The summed E-state index contributed by atoms with van der Waals surface area (Å²) in [5, 5.41) is 0.0845. The molecule has 4 rings (SSSR count). The number of hydrogen-bond acceptors (Lipinski definition) is 3. The van der Waals surface area contributed by atoms with Crippen LogP contribution < -0.4 is 10.3 Å². The standard InChI is InChI=1S/C22H19F6N3O/c1-12-10-14(16-11-17(32)13-4-2-5-15(23)18(13)29-16)20(30-19(12)22(26,27)28)31-8-3-6-21(24,25)7-9-31/h2,4-5,10-11H,3,6-9H2,1H3,(H,29,32). The van der Waals surface area contributed by atoms with Gasteiger partial charge in [0.15, 0.2) is 5.43 Å². The summed E-state index contributed by atoms with van der Waals surface area (Å²) >= 11 is 0. The van der Waals surface area contributed by atoms with E-state index in [0.717, 1.165) is 12.1 Å². The number of anilines is 1. The van der Waals surface area contributed by atoms with E-state index in [1.54, 1.807) is 0 Å². The fraction of sp³-hybridized carbons (Fsp3) is 0.364. The van der Waals surface area contributed by atoms with Gasteiger partial charge in [0.25, 0.3) is 0 Å². The number of aryl methyl sites for hydroxylation is 1. The van der Waals surface area contributed by atoms with Gasteiger partial charge in [0.1, 0.15) is 17.3 Å². The van der Waals surface area contributed by atoms with E-state index >= 15 is 0 Å². The van der Waals surface area contributed by atoms with E-state index in [9.17, 15) is 31.1 Å². The molecule has 10 heteroatoms. The largest absolute Gasteiger partial charge is 0.433 e. The van der Waals surface area contributed by atoms with E-state index in [1.165, 1.54) is 30.0 Å². The average Bonchev–Trinajstić information content (AvgIpc) is 2.88. The van der Waals surface area contributed by atoms with Crippen molar-refractivity contribution < 1.29 is 26.3 Å². The van der Waals surface area contributed by atoms with Crippen molar-refractivity contribution in [2.24, 2.45) is 0 Å². The molecule has 32 heavy (non-hydrogen) atoms. The summed E-state index contributed by atoms with van der Waals surface area (Å²) in [6.07, 6.45) is -5.61. The van der Waals surface area contributed by atoms with E-state index in [2.05, 4.69) is 9.97 Å². The lowest BCUT2D eigenvalue weighted by atomic mass is 10.0. The average molecular weight is 455 g/mol. The molecule has 3 heterocycles. The fourth-order valence-electron chi connectivity index (χ4n) is 3.99. The van der Waals surface area contributed by atoms with Gasteiger partial charge < -0.3 is 9.88 Å². The molecule has 2 aromatic heterocycles. The Morgan fingerprint density at radius 3 is 2.59 bits per heavy atom. The maximum absolute atomic E-state index is 14.3. The van der Waals surface area contributed by atoms with Gasteiger partial charge in [0.2, 0.25) is 5.92 Å². The van der Waals surface area contributed by atoms with Crippen molar-refractivity contribution in [1.29, 1.82) is 0 Å². The van der Waals surface area contributed by atoms with Crippen LogP contribution in [0.2, 0.25) is 0 Å². The number of hydrogen-bond donors (Lipinski definition) is 1. The van der Waals surface area contributed by atoms with Gasteiger partial charge >= 0.3 is 6.18 Å². The molecule has 0 aliphatic carbocycles. The first-order valence-corrected chi connectivity index (χ1v) is 10.00. The van der Waals surface area contributed by atoms with E-state index in [-0.39, 0.29) is 59.5 Å². The Balaban J connectivity index is 1.94. The van der Waals surface area contributed by atoms with Crippen molar-refractivity contribution in [3.63, 3.8) is 0 Å². The molecule has 1 aromatic carbocycles. The summed E-state index contributed by atoms with van der Waals surface area (Å²) < 4.78 is 82.7. The number of para-hydroxylation sites is 1. The van der Waals surface area contributed by atoms with Crippen LogP contribution in [0.15, 0.2) is 35.1 Å². The number of benzene rings is 1. The number of fused-ring (bicyclic) bond motifs is 1. The van der Waals surface area contributed by atoms with E-state index in [1.807, 2.05) is 0 Å². The second-order valence-electron chi connectivity index (χ2n) is 7.93. The number of aromatic nitrogens is 2. The zero-order chi connectivity index (χ0) is 23.3. The van der Waals surface area contributed by atoms with Crippen molar-refractivity contribution in [2.75, 3.05) is 18.0 Å². The van der Waals surface area contributed by atoms with Gasteiger partial charge in [-0.15, -0.1) is 0 Å². The lowest BCUT2D eigenvalue weighted by Crippen LogP contribution is -2.28. The number of rotatable bonds is 2. The number of aromatic amines is 1. The summed E-state index contributed by atoms with van der Waals surface area (Å²) in [6, 6.07) is 6.30. The lowest BCUT2D eigenvalue weighted by molar-refractivity contribution is -0.141. The Hall–Kier alpha value is -3.04. The molecule has 3 aromatic rings. The summed E-state index contributed by atoms with van der Waals surface area (Å²) in [5.41, 5.74) is -1.79. The number of H-pyrrole nitrogens is 1. The second kappa shape index (κ2) is 7.83. The minimum Gasteiger partial charge on any atom is -0.356 e. The molecule has 170 valence electrons. The summed E-state index contributed by atoms with van der Waals surface area (Å²) in [7, 11) is 0. The molecule has 0 atom stereocenters. The number of alkyl halides is 5. The topological polar surface area (TPSA) is 49.0 Å². The maximum atomic E-state index is 14.3. The van der Waals surface area contributed by atoms with Gasteiger partial charge in [0, 0.05) is 42.9 Å². The lowest BCUT2D eigenvalue weighted by Gasteiger charge is -2.26. The van der Waals surface area contributed by atoms with Gasteiger partial charge in [-0.3, -0.25) is 4.79 Å². The first-order chi connectivity index (χ1) is 15.0. The van der Waals surface area contributed by atoms with Crippen LogP contribution in [0.4, 0.5) is 32.2 Å². The van der Waals surface area contributed by atoms with Gasteiger partial charge in [-0.25, -0.2) is 18.2 Å². The molecule has 0 bridgehead atoms. The first kappa shape index (κ1) is 22.2. The molecule has 1 saturated heterocycles. The summed E-state index contributed by atoms with van der Waals surface area (Å²) in [5.74, 6) is -3.80. The Bertz CT molecular complexity index is 1230. The highest BCUT2D eigenvalue weighted by molar-refractivity contribution is 5.84. The number of nitrogens with zero attached hydrogens (tertiary/aromatic N) is 2. The Morgan fingerprint density at radius 1 is 1.12 bits per heavy atom. The third-order valence-corrected chi connectivity index (χ3v) is 5.58. The van der Waals surface area contributed by atoms with E-state index < -0.39 is 35.5 Å². The van der Waals surface area contributed by atoms with Gasteiger partial charge in [-0.2, -0.15) is 13.2 Å². The van der Waals surface area contributed by atoms with Crippen LogP contribution in [0.1, 0.15) is 30.5 Å². The molecule has 0 unspecified atom stereocenters. The molecule has 1 fully saturated rings. The highest BCUT2D eigenvalue weighted by atomic mass is 19.4. The molecule has 4 nitrogen and oxygen atoms in total. The highest BCUT2D eigenvalue weighted by Crippen LogP contribution is 2.38. The first-order valence-electron chi connectivity index (χ1n) is 10.00. The van der Waals surface area contributed by atoms with Gasteiger partial charge in [0.05, 0.1) is 11.2 Å². The molecule has 1 N–H and O–H groups in total. The molecule has 1 aliphatic heterocycles. The Kier molecular flexibility index (Phi) is 5.42. The zero-order valence-electron chi connectivity index (χ0n) is 17.0. The normalized spacial score (nSPS) is 16.9. The minimum atomic E-state index is -4.75. The predicted molar refractivity (Wildman–Crippen MR) is 109 cm³/mol. The maximum Gasteiger partial charge on any atom is 0.433 e. The quantitative estimate of drug-likeness (QED) is 0.506. The second-order valence-corrected chi connectivity index (χ2v) is 7.93. The molecule has 0 amide bonds. The fourth-order valence-corrected chi connectivity index (χ4v) is 3.99. The molecule has 0 radical (unpaired) electrons. The molecule has 0 saturated carbocycles.